The molecule has 7 rings (SSSR count). The molecule has 1 atom stereocenters. The van der Waals surface area contributed by atoms with Gasteiger partial charge in [0.25, 0.3) is 0 Å². The molecule has 1 aliphatic carbocycles. The molecule has 0 saturated carbocycles. The van der Waals surface area contributed by atoms with Gasteiger partial charge < -0.3 is 18.9 Å². The van der Waals surface area contributed by atoms with Gasteiger partial charge >= 0.3 is 0 Å². The lowest BCUT2D eigenvalue weighted by atomic mass is 9.81. The normalized spacial score (nSPS) is 16.6. The number of hydrogen-bond acceptors (Lipinski definition) is 4. The summed E-state index contributed by atoms with van der Waals surface area (Å²) in [6.07, 6.45) is 4.73. The second-order valence-electron chi connectivity index (χ2n) is 10.1. The van der Waals surface area contributed by atoms with Crippen LogP contribution in [-0.4, -0.2) is 21.3 Å². The first-order valence-electron chi connectivity index (χ1n) is 13.2. The smallest absolute Gasteiger partial charge is 0.180 e. The third-order valence-electron chi connectivity index (χ3n) is 8.10. The van der Waals surface area contributed by atoms with Gasteiger partial charge in [0.05, 0.1) is 21.3 Å². The number of ether oxygens (including phenoxy) is 4. The highest BCUT2D eigenvalue weighted by Gasteiger charge is 2.42. The molecule has 40 heavy (non-hydrogen) atoms. The van der Waals surface area contributed by atoms with Crippen LogP contribution >= 0.6 is 0 Å². The topological polar surface area (TPSA) is 36.9 Å². The molecule has 2 aliphatic rings. The third-order valence-corrected chi connectivity index (χ3v) is 8.10. The van der Waals surface area contributed by atoms with Crippen LogP contribution in [0.2, 0.25) is 0 Å². The van der Waals surface area contributed by atoms with Crippen molar-refractivity contribution in [1.29, 1.82) is 0 Å². The second kappa shape index (κ2) is 9.16. The first-order chi connectivity index (χ1) is 19.6. The second-order valence-corrected chi connectivity index (χ2v) is 10.1. The van der Waals surface area contributed by atoms with Crippen LogP contribution in [0.5, 0.6) is 23.0 Å². The summed E-state index contributed by atoms with van der Waals surface area (Å²) in [6, 6.07) is 26.9. The number of methoxy groups -OCH3 is 3. The largest absolute Gasteiger partial charge is 0.497 e. The van der Waals surface area contributed by atoms with Crippen LogP contribution in [0.15, 0.2) is 91.0 Å². The molecule has 0 fully saturated rings. The molecule has 1 unspecified atom stereocenters. The summed E-state index contributed by atoms with van der Waals surface area (Å²) in [5.41, 5.74) is 5.57. The SMILES string of the molecule is COc1ccc(C2(c3ccccc3F)C=Cc3c(c4c(c5cc(OC)c(OC)cc35)-c3ccccc3C4)O2)cc1. The minimum atomic E-state index is -1.18. The molecule has 0 aromatic heterocycles. The maximum atomic E-state index is 15.6. The molecule has 0 N–H and O–H groups in total. The van der Waals surface area contributed by atoms with Crippen LogP contribution in [0.3, 0.4) is 0 Å². The van der Waals surface area contributed by atoms with E-state index in [-0.39, 0.29) is 5.82 Å². The van der Waals surface area contributed by atoms with Crippen LogP contribution < -0.4 is 18.9 Å². The molecule has 5 aromatic rings. The first kappa shape index (κ1) is 24.3. The van der Waals surface area contributed by atoms with Gasteiger partial charge in [-0.1, -0.05) is 54.6 Å². The van der Waals surface area contributed by atoms with Gasteiger partial charge in [-0.25, -0.2) is 4.39 Å². The Morgan fingerprint density at radius 2 is 1.48 bits per heavy atom. The number of rotatable bonds is 5. The van der Waals surface area contributed by atoms with Crippen molar-refractivity contribution in [2.45, 2.75) is 12.0 Å². The summed E-state index contributed by atoms with van der Waals surface area (Å²) in [5, 5.41) is 2.05. The zero-order valence-electron chi connectivity index (χ0n) is 22.5. The number of fused-ring (bicyclic) bond motifs is 8. The fourth-order valence-electron chi connectivity index (χ4n) is 6.19. The summed E-state index contributed by atoms with van der Waals surface area (Å²) in [7, 11) is 4.92. The lowest BCUT2D eigenvalue weighted by Gasteiger charge is -2.37. The number of benzene rings is 5. The Kier molecular flexibility index (Phi) is 5.56. The van der Waals surface area contributed by atoms with Crippen molar-refractivity contribution >= 4 is 16.8 Å². The summed E-state index contributed by atoms with van der Waals surface area (Å²) in [4.78, 5) is 0. The standard InChI is InChI=1S/C35H27FO4/c1-37-23-14-12-22(13-15-23)35(29-10-6-7-11-30(29)36)17-16-25-26-19-31(38-2)32(39-3)20-27(26)33-24-9-5-4-8-21(24)18-28(33)34(25)40-35/h4-17,19-20H,18H2,1-3H3. The summed E-state index contributed by atoms with van der Waals surface area (Å²) < 4.78 is 39.5. The van der Waals surface area contributed by atoms with Crippen molar-refractivity contribution in [3.63, 3.8) is 0 Å². The van der Waals surface area contributed by atoms with Crippen LogP contribution in [0.1, 0.15) is 27.8 Å². The molecule has 198 valence electrons. The Morgan fingerprint density at radius 3 is 2.20 bits per heavy atom. The molecule has 5 aromatic carbocycles. The van der Waals surface area contributed by atoms with Gasteiger partial charge in [-0.3, -0.25) is 0 Å². The summed E-state index contributed by atoms with van der Waals surface area (Å²) in [5.74, 6) is 2.43. The van der Waals surface area contributed by atoms with Gasteiger partial charge in [-0.2, -0.15) is 0 Å². The fraction of sp³-hybridized carbons (Fsp3) is 0.143. The van der Waals surface area contributed by atoms with Gasteiger partial charge in [0.2, 0.25) is 0 Å². The van der Waals surface area contributed by atoms with E-state index in [0.717, 1.165) is 50.1 Å². The molecule has 0 amide bonds. The lowest BCUT2D eigenvalue weighted by molar-refractivity contribution is 0.155. The Labute approximate surface area is 232 Å². The Bertz CT molecular complexity index is 1820. The minimum Gasteiger partial charge on any atom is -0.497 e. The van der Waals surface area contributed by atoms with Crippen LogP contribution in [-0.2, 0) is 12.0 Å². The molecule has 0 radical (unpaired) electrons. The van der Waals surface area contributed by atoms with E-state index in [0.29, 0.717) is 23.5 Å². The van der Waals surface area contributed by atoms with E-state index < -0.39 is 5.60 Å². The maximum absolute atomic E-state index is 15.6. The average molecular weight is 531 g/mol. The molecule has 5 heteroatoms. The van der Waals surface area contributed by atoms with E-state index in [1.165, 1.54) is 11.6 Å². The third kappa shape index (κ3) is 3.44. The highest BCUT2D eigenvalue weighted by atomic mass is 19.1. The molecular formula is C35H27FO4. The molecule has 1 aliphatic heterocycles. The van der Waals surface area contributed by atoms with Crippen LogP contribution in [0.25, 0.3) is 28.0 Å². The summed E-state index contributed by atoms with van der Waals surface area (Å²) >= 11 is 0. The minimum absolute atomic E-state index is 0.335. The molecule has 1 heterocycles. The van der Waals surface area contributed by atoms with E-state index in [2.05, 4.69) is 30.3 Å². The zero-order valence-corrected chi connectivity index (χ0v) is 22.5. The monoisotopic (exact) mass is 530 g/mol. The average Bonchev–Trinajstić information content (AvgIpc) is 3.40. The predicted molar refractivity (Wildman–Crippen MR) is 155 cm³/mol. The fourth-order valence-corrected chi connectivity index (χ4v) is 6.19. The zero-order chi connectivity index (χ0) is 27.4. The Morgan fingerprint density at radius 1 is 0.775 bits per heavy atom. The van der Waals surface area contributed by atoms with Crippen molar-refractivity contribution in [2.75, 3.05) is 21.3 Å². The molecular weight excluding hydrogens is 503 g/mol. The number of hydrogen-bond donors (Lipinski definition) is 0. The van der Waals surface area contributed by atoms with E-state index in [1.807, 2.05) is 48.5 Å². The van der Waals surface area contributed by atoms with E-state index in [4.69, 9.17) is 18.9 Å². The van der Waals surface area contributed by atoms with Gasteiger partial charge in [0.15, 0.2) is 17.1 Å². The molecule has 0 spiro atoms. The number of halogens is 1. The van der Waals surface area contributed by atoms with Gasteiger partial charge in [0, 0.05) is 28.7 Å². The maximum Gasteiger partial charge on any atom is 0.180 e. The quantitative estimate of drug-likeness (QED) is 0.227. The first-order valence-corrected chi connectivity index (χ1v) is 13.2. The Hall–Kier alpha value is -4.77. The summed E-state index contributed by atoms with van der Waals surface area (Å²) in [6.45, 7) is 0. The van der Waals surface area contributed by atoms with Crippen molar-refractivity contribution < 1.29 is 23.3 Å². The molecule has 4 nitrogen and oxygen atoms in total. The van der Waals surface area contributed by atoms with Crippen molar-refractivity contribution in [1.82, 2.24) is 0 Å². The highest BCUT2D eigenvalue weighted by Crippen LogP contribution is 2.54. The van der Waals surface area contributed by atoms with E-state index in [1.54, 1.807) is 33.5 Å². The van der Waals surface area contributed by atoms with Gasteiger partial charge in [-0.15, -0.1) is 0 Å². The van der Waals surface area contributed by atoms with E-state index >= 15 is 4.39 Å². The van der Waals surface area contributed by atoms with E-state index in [9.17, 15) is 0 Å². The van der Waals surface area contributed by atoms with Gasteiger partial charge in [-0.05, 0) is 69.9 Å². The predicted octanol–water partition coefficient (Wildman–Crippen LogP) is 7.93. The van der Waals surface area contributed by atoms with Crippen LogP contribution in [0, 0.1) is 5.82 Å². The highest BCUT2D eigenvalue weighted by molar-refractivity contribution is 6.08. The van der Waals surface area contributed by atoms with Gasteiger partial charge in [0.1, 0.15) is 17.3 Å². The van der Waals surface area contributed by atoms with Crippen molar-refractivity contribution in [2.24, 2.45) is 0 Å². The van der Waals surface area contributed by atoms with Crippen molar-refractivity contribution in [3.05, 3.63) is 125 Å². The Balaban J connectivity index is 1.55. The molecule has 0 bridgehead atoms. The van der Waals surface area contributed by atoms with Crippen molar-refractivity contribution in [3.8, 4) is 34.1 Å². The molecule has 0 saturated heterocycles. The lowest BCUT2D eigenvalue weighted by Crippen LogP contribution is -2.35. The van der Waals surface area contributed by atoms with Crippen LogP contribution in [0.4, 0.5) is 4.39 Å².